The van der Waals surface area contributed by atoms with Crippen LogP contribution in [0.4, 0.5) is 5.69 Å². The Labute approximate surface area is 176 Å². The van der Waals surface area contributed by atoms with Crippen LogP contribution in [0.1, 0.15) is 33.6 Å². The SMILES string of the molecule is CCN(CC)CCCC(C)Nc1c2ccc(Br)cc2nc2ccc(OC)cc12. The van der Waals surface area contributed by atoms with Crippen molar-refractivity contribution in [3.8, 4) is 5.75 Å². The van der Waals surface area contributed by atoms with Gasteiger partial charge in [0.25, 0.3) is 0 Å². The molecule has 1 N–H and O–H groups in total. The summed E-state index contributed by atoms with van der Waals surface area (Å²) in [6.07, 6.45) is 2.31. The van der Waals surface area contributed by atoms with Crippen LogP contribution in [0.3, 0.4) is 0 Å². The monoisotopic (exact) mass is 443 g/mol. The van der Waals surface area contributed by atoms with E-state index in [-0.39, 0.29) is 0 Å². The number of nitrogens with one attached hydrogen (secondary N) is 1. The molecular formula is C23H30BrN3O. The molecule has 0 aliphatic carbocycles. The van der Waals surface area contributed by atoms with E-state index < -0.39 is 0 Å². The summed E-state index contributed by atoms with van der Waals surface area (Å²) in [4.78, 5) is 7.34. The number of fused-ring (bicyclic) bond motifs is 2. The topological polar surface area (TPSA) is 37.4 Å². The molecule has 0 spiro atoms. The molecule has 1 unspecified atom stereocenters. The lowest BCUT2D eigenvalue weighted by Crippen LogP contribution is -2.25. The number of aromatic nitrogens is 1. The van der Waals surface area contributed by atoms with Crippen molar-refractivity contribution in [2.24, 2.45) is 0 Å². The van der Waals surface area contributed by atoms with Gasteiger partial charge in [-0.3, -0.25) is 0 Å². The number of anilines is 1. The molecule has 2 aromatic carbocycles. The normalized spacial score (nSPS) is 12.6. The van der Waals surface area contributed by atoms with Crippen molar-refractivity contribution in [3.63, 3.8) is 0 Å². The largest absolute Gasteiger partial charge is 0.497 e. The molecule has 0 aliphatic heterocycles. The highest BCUT2D eigenvalue weighted by atomic mass is 79.9. The third kappa shape index (κ3) is 4.76. The third-order valence-corrected chi connectivity index (χ3v) is 5.83. The highest BCUT2D eigenvalue weighted by Gasteiger charge is 2.13. The predicted molar refractivity (Wildman–Crippen MR) is 124 cm³/mol. The van der Waals surface area contributed by atoms with E-state index in [0.29, 0.717) is 6.04 Å². The highest BCUT2D eigenvalue weighted by Crippen LogP contribution is 2.34. The van der Waals surface area contributed by atoms with Crippen molar-refractivity contribution in [3.05, 3.63) is 40.9 Å². The summed E-state index contributed by atoms with van der Waals surface area (Å²) in [6.45, 7) is 10.1. The number of pyridine rings is 1. The maximum Gasteiger partial charge on any atom is 0.119 e. The quantitative estimate of drug-likeness (QED) is 0.406. The van der Waals surface area contributed by atoms with E-state index in [1.54, 1.807) is 7.11 Å². The first-order valence-electron chi connectivity index (χ1n) is 10.1. The van der Waals surface area contributed by atoms with Crippen LogP contribution in [-0.2, 0) is 0 Å². The van der Waals surface area contributed by atoms with Crippen LogP contribution in [0.25, 0.3) is 21.8 Å². The van der Waals surface area contributed by atoms with Gasteiger partial charge in [-0.15, -0.1) is 0 Å². The number of methoxy groups -OCH3 is 1. The Kier molecular flexibility index (Phi) is 7.13. The van der Waals surface area contributed by atoms with E-state index in [0.717, 1.165) is 63.8 Å². The number of hydrogen-bond donors (Lipinski definition) is 1. The summed E-state index contributed by atoms with van der Waals surface area (Å²) in [6, 6.07) is 12.7. The fourth-order valence-electron chi connectivity index (χ4n) is 3.66. The summed E-state index contributed by atoms with van der Waals surface area (Å²) in [7, 11) is 1.70. The Morgan fingerprint density at radius 2 is 1.86 bits per heavy atom. The minimum absolute atomic E-state index is 0.374. The first kappa shape index (κ1) is 20.9. The highest BCUT2D eigenvalue weighted by molar-refractivity contribution is 9.10. The molecule has 0 fully saturated rings. The summed E-state index contributed by atoms with van der Waals surface area (Å²) >= 11 is 3.57. The van der Waals surface area contributed by atoms with E-state index in [4.69, 9.17) is 9.72 Å². The first-order valence-corrected chi connectivity index (χ1v) is 10.9. The number of nitrogens with zero attached hydrogens (tertiary/aromatic N) is 2. The van der Waals surface area contributed by atoms with Crippen LogP contribution in [0.2, 0.25) is 0 Å². The lowest BCUT2D eigenvalue weighted by Gasteiger charge is -2.22. The van der Waals surface area contributed by atoms with Gasteiger partial charge in [0, 0.05) is 21.3 Å². The molecule has 1 atom stereocenters. The average Bonchev–Trinajstić information content (AvgIpc) is 2.70. The van der Waals surface area contributed by atoms with Gasteiger partial charge in [-0.1, -0.05) is 29.8 Å². The fourth-order valence-corrected chi connectivity index (χ4v) is 4.01. The standard InChI is InChI=1S/C23H30BrN3O/c1-5-27(6-2)13-7-8-16(3)25-23-19-11-9-17(24)14-22(19)26-21-12-10-18(28-4)15-20(21)23/h9-12,14-16H,5-8,13H2,1-4H3,(H,25,26). The lowest BCUT2D eigenvalue weighted by molar-refractivity contribution is 0.295. The molecule has 5 heteroatoms. The molecular weight excluding hydrogens is 414 g/mol. The molecule has 4 nitrogen and oxygen atoms in total. The zero-order valence-electron chi connectivity index (χ0n) is 17.3. The Balaban J connectivity index is 1.92. The van der Waals surface area contributed by atoms with Crippen LogP contribution in [0.15, 0.2) is 40.9 Å². The second kappa shape index (κ2) is 9.57. The molecule has 0 saturated heterocycles. The maximum absolute atomic E-state index is 5.46. The van der Waals surface area contributed by atoms with Gasteiger partial charge >= 0.3 is 0 Å². The van der Waals surface area contributed by atoms with Crippen LogP contribution in [-0.4, -0.2) is 42.7 Å². The van der Waals surface area contributed by atoms with Crippen molar-refractivity contribution >= 4 is 43.4 Å². The minimum atomic E-state index is 0.374. The van der Waals surface area contributed by atoms with Crippen molar-refractivity contribution < 1.29 is 4.74 Å². The zero-order valence-corrected chi connectivity index (χ0v) is 18.8. The minimum Gasteiger partial charge on any atom is -0.497 e. The molecule has 0 bridgehead atoms. The maximum atomic E-state index is 5.46. The van der Waals surface area contributed by atoms with Gasteiger partial charge in [0.05, 0.1) is 23.8 Å². The van der Waals surface area contributed by atoms with Gasteiger partial charge in [-0.2, -0.15) is 0 Å². The van der Waals surface area contributed by atoms with Gasteiger partial charge < -0.3 is 15.0 Å². The molecule has 3 rings (SSSR count). The van der Waals surface area contributed by atoms with Crippen molar-refractivity contribution in [2.75, 3.05) is 32.1 Å². The predicted octanol–water partition coefficient (Wildman–Crippen LogP) is 6.08. The summed E-state index contributed by atoms with van der Waals surface area (Å²) in [5.74, 6) is 0.850. The number of halogens is 1. The van der Waals surface area contributed by atoms with Gasteiger partial charge in [-0.05, 0) is 75.8 Å². The van der Waals surface area contributed by atoms with Crippen molar-refractivity contribution in [1.82, 2.24) is 9.88 Å². The number of benzene rings is 2. The molecule has 0 amide bonds. The van der Waals surface area contributed by atoms with Gasteiger partial charge in [0.1, 0.15) is 5.75 Å². The summed E-state index contributed by atoms with van der Waals surface area (Å²) in [5.41, 5.74) is 3.11. The molecule has 0 radical (unpaired) electrons. The number of rotatable bonds is 9. The average molecular weight is 444 g/mol. The second-order valence-electron chi connectivity index (χ2n) is 7.25. The van der Waals surface area contributed by atoms with Crippen LogP contribution in [0.5, 0.6) is 5.75 Å². The van der Waals surface area contributed by atoms with E-state index in [9.17, 15) is 0 Å². The van der Waals surface area contributed by atoms with E-state index in [1.165, 1.54) is 6.42 Å². The molecule has 3 aromatic rings. The number of ether oxygens (including phenoxy) is 1. The smallest absolute Gasteiger partial charge is 0.119 e. The Bertz CT molecular complexity index is 940. The molecule has 1 aromatic heterocycles. The molecule has 0 saturated carbocycles. The Morgan fingerprint density at radius 3 is 2.57 bits per heavy atom. The Hall–Kier alpha value is -1.85. The molecule has 150 valence electrons. The third-order valence-electron chi connectivity index (χ3n) is 5.34. The van der Waals surface area contributed by atoms with Crippen molar-refractivity contribution in [1.29, 1.82) is 0 Å². The van der Waals surface area contributed by atoms with E-state index in [1.807, 2.05) is 12.1 Å². The molecule has 1 heterocycles. The first-order chi connectivity index (χ1) is 13.5. The van der Waals surface area contributed by atoms with Crippen LogP contribution in [0, 0.1) is 0 Å². The van der Waals surface area contributed by atoms with Crippen molar-refractivity contribution in [2.45, 2.75) is 39.7 Å². The lowest BCUT2D eigenvalue weighted by atomic mass is 10.1. The van der Waals surface area contributed by atoms with Gasteiger partial charge in [0.15, 0.2) is 0 Å². The fraction of sp³-hybridized carbons (Fsp3) is 0.435. The molecule has 28 heavy (non-hydrogen) atoms. The van der Waals surface area contributed by atoms with Crippen LogP contribution >= 0.6 is 15.9 Å². The summed E-state index contributed by atoms with van der Waals surface area (Å²) in [5, 5.41) is 6.02. The molecule has 0 aliphatic rings. The Morgan fingerprint density at radius 1 is 1.07 bits per heavy atom. The van der Waals surface area contributed by atoms with E-state index >= 15 is 0 Å². The van der Waals surface area contributed by atoms with Gasteiger partial charge in [-0.25, -0.2) is 4.98 Å². The number of hydrogen-bond acceptors (Lipinski definition) is 4. The van der Waals surface area contributed by atoms with Crippen LogP contribution < -0.4 is 10.1 Å². The van der Waals surface area contributed by atoms with Gasteiger partial charge in [0.2, 0.25) is 0 Å². The summed E-state index contributed by atoms with van der Waals surface area (Å²) < 4.78 is 6.50. The zero-order chi connectivity index (χ0) is 20.1. The van der Waals surface area contributed by atoms with E-state index in [2.05, 4.69) is 71.2 Å². The second-order valence-corrected chi connectivity index (χ2v) is 8.16.